The molecular weight excluding hydrogens is 476 g/mol. The SMILES string of the molecule is C=C(OC(C)(C)C)N(CC(O)C(C)CCc1cc(F)ccc1C)CC(O)C1CCc2cc(F)ccc2O1. The molecule has 2 aromatic carbocycles. The molecule has 1 aliphatic heterocycles. The summed E-state index contributed by atoms with van der Waals surface area (Å²) in [6.07, 6.45) is 0.395. The average molecular weight is 518 g/mol. The molecule has 4 unspecified atom stereocenters. The number of aliphatic hydroxyl groups excluding tert-OH is 2. The first-order valence-electron chi connectivity index (χ1n) is 13.0. The van der Waals surface area contributed by atoms with Crippen molar-refractivity contribution in [3.05, 3.63) is 77.2 Å². The number of benzene rings is 2. The standard InChI is InChI=1S/C30H41F2NO4/c1-19-8-11-24(31)15-22(19)9-7-20(2)26(34)17-33(21(3)37-30(4,5)6)18-27(35)29-13-10-23-16-25(32)12-14-28(23)36-29/h8,11-12,14-16,20,26-27,29,34-35H,3,7,9-10,13,17-18H2,1-2,4-6H3. The summed E-state index contributed by atoms with van der Waals surface area (Å²) >= 11 is 0. The largest absolute Gasteiger partial charge is 0.487 e. The summed E-state index contributed by atoms with van der Waals surface area (Å²) < 4.78 is 39.2. The van der Waals surface area contributed by atoms with Crippen molar-refractivity contribution in [3.63, 3.8) is 0 Å². The molecule has 2 aromatic rings. The van der Waals surface area contributed by atoms with Crippen LogP contribution in [0.1, 0.15) is 57.2 Å². The maximum atomic E-state index is 13.7. The summed E-state index contributed by atoms with van der Waals surface area (Å²) in [5, 5.41) is 22.1. The summed E-state index contributed by atoms with van der Waals surface area (Å²) in [5.41, 5.74) is 2.24. The van der Waals surface area contributed by atoms with Gasteiger partial charge >= 0.3 is 0 Å². The van der Waals surface area contributed by atoms with E-state index >= 15 is 0 Å². The van der Waals surface area contributed by atoms with Crippen LogP contribution in [0.15, 0.2) is 48.9 Å². The minimum atomic E-state index is -0.879. The summed E-state index contributed by atoms with van der Waals surface area (Å²) in [6, 6.07) is 9.18. The van der Waals surface area contributed by atoms with E-state index in [1.54, 1.807) is 23.1 Å². The van der Waals surface area contributed by atoms with Gasteiger partial charge in [-0.05, 0) is 113 Å². The third-order valence-electron chi connectivity index (χ3n) is 6.86. The highest BCUT2D eigenvalue weighted by atomic mass is 19.1. The van der Waals surface area contributed by atoms with Crippen molar-refractivity contribution in [2.75, 3.05) is 13.1 Å². The van der Waals surface area contributed by atoms with Crippen LogP contribution in [0.25, 0.3) is 0 Å². The molecule has 204 valence electrons. The van der Waals surface area contributed by atoms with Crippen LogP contribution in [0.5, 0.6) is 5.75 Å². The van der Waals surface area contributed by atoms with E-state index in [1.807, 2.05) is 34.6 Å². The van der Waals surface area contributed by atoms with E-state index in [-0.39, 0.29) is 30.6 Å². The molecule has 0 aliphatic carbocycles. The third-order valence-corrected chi connectivity index (χ3v) is 6.86. The van der Waals surface area contributed by atoms with Crippen LogP contribution in [-0.2, 0) is 17.6 Å². The van der Waals surface area contributed by atoms with Gasteiger partial charge in [0.1, 0.15) is 35.2 Å². The fourth-order valence-corrected chi connectivity index (χ4v) is 4.58. The van der Waals surface area contributed by atoms with Crippen LogP contribution in [0.2, 0.25) is 0 Å². The number of nitrogens with zero attached hydrogens (tertiary/aromatic N) is 1. The fourth-order valence-electron chi connectivity index (χ4n) is 4.58. The van der Waals surface area contributed by atoms with Crippen LogP contribution < -0.4 is 4.74 Å². The minimum Gasteiger partial charge on any atom is -0.487 e. The van der Waals surface area contributed by atoms with Gasteiger partial charge in [-0.2, -0.15) is 0 Å². The molecule has 4 atom stereocenters. The zero-order valence-electron chi connectivity index (χ0n) is 22.6. The Morgan fingerprint density at radius 1 is 1.14 bits per heavy atom. The lowest BCUT2D eigenvalue weighted by Crippen LogP contribution is -2.46. The molecule has 0 fully saturated rings. The van der Waals surface area contributed by atoms with Crippen LogP contribution in [0.4, 0.5) is 8.78 Å². The fraction of sp³-hybridized carbons (Fsp3) is 0.533. The molecule has 0 radical (unpaired) electrons. The smallest absolute Gasteiger partial charge is 0.182 e. The summed E-state index contributed by atoms with van der Waals surface area (Å²) in [7, 11) is 0. The van der Waals surface area contributed by atoms with Crippen molar-refractivity contribution >= 4 is 0 Å². The summed E-state index contributed by atoms with van der Waals surface area (Å²) in [6.45, 7) is 14.1. The van der Waals surface area contributed by atoms with Crippen molar-refractivity contribution in [1.29, 1.82) is 0 Å². The van der Waals surface area contributed by atoms with E-state index in [2.05, 4.69) is 6.58 Å². The predicted octanol–water partition coefficient (Wildman–Crippen LogP) is 5.55. The first-order valence-corrected chi connectivity index (χ1v) is 13.0. The van der Waals surface area contributed by atoms with Crippen LogP contribution in [0, 0.1) is 24.5 Å². The second-order valence-corrected chi connectivity index (χ2v) is 11.2. The zero-order valence-corrected chi connectivity index (χ0v) is 22.6. The van der Waals surface area contributed by atoms with Crippen molar-refractivity contribution in [2.45, 2.75) is 84.2 Å². The Morgan fingerprint density at radius 2 is 1.81 bits per heavy atom. The normalized spacial score (nSPS) is 17.8. The number of fused-ring (bicyclic) bond motifs is 1. The Bertz CT molecular complexity index is 1070. The second-order valence-electron chi connectivity index (χ2n) is 11.2. The maximum Gasteiger partial charge on any atom is 0.182 e. The van der Waals surface area contributed by atoms with Crippen molar-refractivity contribution < 1.29 is 28.5 Å². The van der Waals surface area contributed by atoms with Gasteiger partial charge in [0, 0.05) is 6.54 Å². The number of aryl methyl sites for hydroxylation is 3. The van der Waals surface area contributed by atoms with E-state index in [1.165, 1.54) is 18.2 Å². The second kappa shape index (κ2) is 12.3. The Balaban J connectivity index is 1.65. The topological polar surface area (TPSA) is 62.2 Å². The van der Waals surface area contributed by atoms with Crippen LogP contribution >= 0.6 is 0 Å². The monoisotopic (exact) mass is 517 g/mol. The highest BCUT2D eigenvalue weighted by Gasteiger charge is 2.31. The zero-order chi connectivity index (χ0) is 27.3. The molecule has 0 aromatic heterocycles. The summed E-state index contributed by atoms with van der Waals surface area (Å²) in [4.78, 5) is 1.76. The first kappa shape index (κ1) is 28.9. The lowest BCUT2D eigenvalue weighted by molar-refractivity contribution is -0.0462. The van der Waals surface area contributed by atoms with Crippen molar-refractivity contribution in [1.82, 2.24) is 4.90 Å². The van der Waals surface area contributed by atoms with Gasteiger partial charge in [-0.1, -0.05) is 13.0 Å². The van der Waals surface area contributed by atoms with Gasteiger partial charge in [-0.15, -0.1) is 0 Å². The number of halogens is 2. The van der Waals surface area contributed by atoms with Crippen LogP contribution in [0.3, 0.4) is 0 Å². The highest BCUT2D eigenvalue weighted by Crippen LogP contribution is 2.30. The quantitative estimate of drug-likeness (QED) is 0.383. The number of rotatable bonds is 11. The van der Waals surface area contributed by atoms with E-state index in [0.717, 1.165) is 16.7 Å². The molecule has 1 aliphatic rings. The lowest BCUT2D eigenvalue weighted by atomic mass is 9.93. The summed E-state index contributed by atoms with van der Waals surface area (Å²) in [5.74, 6) is 0.282. The molecule has 37 heavy (non-hydrogen) atoms. The first-order chi connectivity index (χ1) is 17.3. The molecule has 7 heteroatoms. The molecule has 0 bridgehead atoms. The van der Waals surface area contributed by atoms with E-state index in [0.29, 0.717) is 37.3 Å². The van der Waals surface area contributed by atoms with Gasteiger partial charge in [-0.3, -0.25) is 0 Å². The Morgan fingerprint density at radius 3 is 2.51 bits per heavy atom. The average Bonchev–Trinajstić information content (AvgIpc) is 2.82. The molecular formula is C30H41F2NO4. The molecule has 0 saturated carbocycles. The van der Waals surface area contributed by atoms with Gasteiger partial charge in [0.15, 0.2) is 5.88 Å². The van der Waals surface area contributed by atoms with Crippen molar-refractivity contribution in [3.8, 4) is 5.75 Å². The van der Waals surface area contributed by atoms with Gasteiger partial charge in [-0.25, -0.2) is 8.78 Å². The Hall–Kier alpha value is -2.64. The molecule has 5 nitrogen and oxygen atoms in total. The van der Waals surface area contributed by atoms with Gasteiger partial charge in [0.2, 0.25) is 0 Å². The predicted molar refractivity (Wildman–Crippen MR) is 141 cm³/mol. The molecule has 0 amide bonds. The number of hydrogen-bond donors (Lipinski definition) is 2. The van der Waals surface area contributed by atoms with Crippen LogP contribution in [-0.4, -0.2) is 52.1 Å². The van der Waals surface area contributed by atoms with Gasteiger partial charge in [0.05, 0.1) is 12.6 Å². The maximum absolute atomic E-state index is 13.7. The van der Waals surface area contributed by atoms with E-state index < -0.39 is 23.9 Å². The Kier molecular flexibility index (Phi) is 9.59. The lowest BCUT2D eigenvalue weighted by Gasteiger charge is -2.37. The molecule has 1 heterocycles. The van der Waals surface area contributed by atoms with Gasteiger partial charge < -0.3 is 24.6 Å². The van der Waals surface area contributed by atoms with E-state index in [9.17, 15) is 19.0 Å². The minimum absolute atomic E-state index is 0.0857. The number of ether oxygens (including phenoxy) is 2. The molecule has 3 rings (SSSR count). The highest BCUT2D eigenvalue weighted by molar-refractivity contribution is 5.36. The van der Waals surface area contributed by atoms with Crippen molar-refractivity contribution in [2.24, 2.45) is 5.92 Å². The van der Waals surface area contributed by atoms with E-state index in [4.69, 9.17) is 9.47 Å². The Labute approximate surface area is 219 Å². The number of hydrogen-bond acceptors (Lipinski definition) is 5. The molecule has 0 saturated heterocycles. The third kappa shape index (κ3) is 8.44. The molecule has 0 spiro atoms. The number of aliphatic hydroxyl groups is 2. The molecule has 2 N–H and O–H groups in total. The van der Waals surface area contributed by atoms with Gasteiger partial charge in [0.25, 0.3) is 0 Å².